The predicted octanol–water partition coefficient (Wildman–Crippen LogP) is 3.19. The molecule has 0 unspecified atom stereocenters. The Morgan fingerprint density at radius 1 is 1.35 bits per heavy atom. The van der Waals surface area contributed by atoms with Gasteiger partial charge in [0.1, 0.15) is 12.2 Å². The molecule has 1 fully saturated rings. The maximum absolute atomic E-state index is 12.5. The Morgan fingerprint density at radius 3 is 2.70 bits per heavy atom. The molecule has 2 aromatic rings. The number of hydrogen-bond donors (Lipinski definition) is 1. The first-order valence-electron chi connectivity index (χ1n) is 7.71. The molecule has 0 saturated carbocycles. The van der Waals surface area contributed by atoms with Gasteiger partial charge in [0.05, 0.1) is 10.7 Å². The van der Waals surface area contributed by atoms with Gasteiger partial charge in [-0.1, -0.05) is 23.7 Å². The van der Waals surface area contributed by atoms with Gasteiger partial charge in [-0.05, 0) is 31.4 Å². The maximum atomic E-state index is 12.5. The highest BCUT2D eigenvalue weighted by Gasteiger charge is 2.26. The first-order valence-corrected chi connectivity index (χ1v) is 8.09. The third-order valence-corrected chi connectivity index (χ3v) is 4.66. The van der Waals surface area contributed by atoms with Crippen molar-refractivity contribution in [3.63, 3.8) is 0 Å². The first-order chi connectivity index (χ1) is 11.1. The van der Waals surface area contributed by atoms with Crippen LogP contribution in [0.3, 0.4) is 0 Å². The third-order valence-electron chi connectivity index (χ3n) is 4.35. The highest BCUT2D eigenvalue weighted by atomic mass is 35.5. The molecule has 1 N–H and O–H groups in total. The highest BCUT2D eigenvalue weighted by Crippen LogP contribution is 2.28. The lowest BCUT2D eigenvalue weighted by molar-refractivity contribution is 0.193. The second-order valence-electron chi connectivity index (χ2n) is 5.92. The lowest BCUT2D eigenvalue weighted by atomic mass is 9.96. The van der Waals surface area contributed by atoms with E-state index in [4.69, 9.17) is 11.6 Å². The van der Waals surface area contributed by atoms with Crippen molar-refractivity contribution in [2.75, 3.05) is 18.4 Å². The number of aryl methyl sites for hydroxylation is 2. The van der Waals surface area contributed by atoms with E-state index in [1.807, 2.05) is 35.6 Å². The van der Waals surface area contributed by atoms with Gasteiger partial charge in [0.15, 0.2) is 0 Å². The number of nitrogens with zero attached hydrogens (tertiary/aromatic N) is 4. The van der Waals surface area contributed by atoms with Crippen molar-refractivity contribution >= 4 is 23.3 Å². The second-order valence-corrected chi connectivity index (χ2v) is 6.33. The summed E-state index contributed by atoms with van der Waals surface area (Å²) < 4.78 is 1.95. The molecule has 3 rings (SSSR count). The van der Waals surface area contributed by atoms with E-state index in [0.29, 0.717) is 29.7 Å². The number of nitrogens with one attached hydrogen (secondary N) is 1. The molecule has 1 aliphatic heterocycles. The third kappa shape index (κ3) is 3.32. The Kier molecular flexibility index (Phi) is 4.52. The van der Waals surface area contributed by atoms with Gasteiger partial charge in [-0.3, -0.25) is 0 Å². The van der Waals surface area contributed by atoms with Crippen LogP contribution in [0.15, 0.2) is 24.5 Å². The second kappa shape index (κ2) is 6.58. The molecule has 0 bridgehead atoms. The van der Waals surface area contributed by atoms with Crippen molar-refractivity contribution in [3.05, 3.63) is 40.9 Å². The smallest absolute Gasteiger partial charge is 0.321 e. The molecular weight excluding hydrogens is 314 g/mol. The van der Waals surface area contributed by atoms with Crippen LogP contribution in [-0.2, 0) is 7.05 Å². The molecular formula is C16H20ClN5O. The van der Waals surface area contributed by atoms with Gasteiger partial charge in [0, 0.05) is 26.1 Å². The SMILES string of the molecule is Cc1cccc(Cl)c1NC(=O)N1CCC(c2nncn2C)CC1. The minimum absolute atomic E-state index is 0.0994. The summed E-state index contributed by atoms with van der Waals surface area (Å²) in [5.74, 6) is 1.35. The van der Waals surface area contributed by atoms with Gasteiger partial charge in [0.2, 0.25) is 0 Å². The maximum Gasteiger partial charge on any atom is 0.321 e. The summed E-state index contributed by atoms with van der Waals surface area (Å²) in [4.78, 5) is 14.3. The monoisotopic (exact) mass is 333 g/mol. The van der Waals surface area contributed by atoms with E-state index in [2.05, 4.69) is 15.5 Å². The van der Waals surface area contributed by atoms with Gasteiger partial charge >= 0.3 is 6.03 Å². The van der Waals surface area contributed by atoms with Gasteiger partial charge in [0.25, 0.3) is 0 Å². The summed E-state index contributed by atoms with van der Waals surface area (Å²) >= 11 is 6.17. The van der Waals surface area contributed by atoms with Gasteiger partial charge < -0.3 is 14.8 Å². The Hall–Kier alpha value is -2.08. The average molecular weight is 334 g/mol. The molecule has 0 atom stereocenters. The number of benzene rings is 1. The van der Waals surface area contributed by atoms with Gasteiger partial charge in [-0.25, -0.2) is 4.79 Å². The Balaban J connectivity index is 1.61. The summed E-state index contributed by atoms with van der Waals surface area (Å²) in [5, 5.41) is 11.6. The summed E-state index contributed by atoms with van der Waals surface area (Å²) in [6.07, 6.45) is 3.50. The number of amides is 2. The van der Waals surface area contributed by atoms with Crippen LogP contribution in [0.2, 0.25) is 5.02 Å². The summed E-state index contributed by atoms with van der Waals surface area (Å²) in [6.45, 7) is 3.33. The standard InChI is InChI=1S/C16H20ClN5O/c1-11-4-3-5-13(17)14(11)19-16(23)22-8-6-12(7-9-22)15-20-18-10-21(15)2/h3-5,10,12H,6-9H2,1-2H3,(H,19,23). The normalized spacial score (nSPS) is 15.7. The number of piperidine rings is 1. The predicted molar refractivity (Wildman–Crippen MR) is 89.8 cm³/mol. The molecule has 23 heavy (non-hydrogen) atoms. The number of likely N-dealkylation sites (tertiary alicyclic amines) is 1. The fraction of sp³-hybridized carbons (Fsp3) is 0.438. The number of carbonyl (C=O) groups excluding carboxylic acids is 1. The molecule has 6 nitrogen and oxygen atoms in total. The van der Waals surface area contributed by atoms with Crippen LogP contribution >= 0.6 is 11.6 Å². The number of urea groups is 1. The van der Waals surface area contributed by atoms with E-state index in [0.717, 1.165) is 24.2 Å². The summed E-state index contributed by atoms with van der Waals surface area (Å²) in [7, 11) is 1.95. The van der Waals surface area contributed by atoms with E-state index in [1.54, 1.807) is 12.4 Å². The number of aromatic nitrogens is 3. The van der Waals surface area contributed by atoms with Crippen molar-refractivity contribution in [3.8, 4) is 0 Å². The number of rotatable bonds is 2. The molecule has 122 valence electrons. The van der Waals surface area contributed by atoms with Crippen LogP contribution in [0, 0.1) is 6.92 Å². The Bertz CT molecular complexity index is 686. The summed E-state index contributed by atoms with van der Waals surface area (Å²) in [6, 6.07) is 5.49. The van der Waals surface area contributed by atoms with Crippen molar-refractivity contribution < 1.29 is 4.79 Å². The molecule has 1 aromatic carbocycles. The molecule has 2 heterocycles. The quantitative estimate of drug-likeness (QED) is 0.918. The molecule has 0 spiro atoms. The topological polar surface area (TPSA) is 63.1 Å². The number of halogens is 1. The van der Waals surface area contributed by atoms with Crippen LogP contribution < -0.4 is 5.32 Å². The summed E-state index contributed by atoms with van der Waals surface area (Å²) in [5.41, 5.74) is 1.65. The van der Waals surface area contributed by atoms with Crippen molar-refractivity contribution in [1.29, 1.82) is 0 Å². The molecule has 1 saturated heterocycles. The lowest BCUT2D eigenvalue weighted by Crippen LogP contribution is -2.41. The minimum Gasteiger partial charge on any atom is -0.324 e. The van der Waals surface area contributed by atoms with E-state index >= 15 is 0 Å². The van der Waals surface area contributed by atoms with E-state index < -0.39 is 0 Å². The molecule has 0 aliphatic carbocycles. The molecule has 0 radical (unpaired) electrons. The molecule has 2 amide bonds. The highest BCUT2D eigenvalue weighted by molar-refractivity contribution is 6.33. The van der Waals surface area contributed by atoms with Crippen LogP contribution in [0.4, 0.5) is 10.5 Å². The van der Waals surface area contributed by atoms with E-state index in [9.17, 15) is 4.79 Å². The largest absolute Gasteiger partial charge is 0.324 e. The number of carbonyl (C=O) groups is 1. The molecule has 7 heteroatoms. The Morgan fingerprint density at radius 2 is 2.09 bits per heavy atom. The zero-order valence-corrected chi connectivity index (χ0v) is 14.0. The average Bonchev–Trinajstić information content (AvgIpc) is 2.97. The van der Waals surface area contributed by atoms with Gasteiger partial charge in [-0.15, -0.1) is 10.2 Å². The van der Waals surface area contributed by atoms with E-state index in [-0.39, 0.29) is 6.03 Å². The van der Waals surface area contributed by atoms with Crippen molar-refractivity contribution in [2.45, 2.75) is 25.7 Å². The molecule has 1 aliphatic rings. The zero-order valence-electron chi connectivity index (χ0n) is 13.3. The Labute approximate surface area is 140 Å². The zero-order chi connectivity index (χ0) is 16.4. The van der Waals surface area contributed by atoms with Crippen LogP contribution in [0.1, 0.15) is 30.1 Å². The number of hydrogen-bond acceptors (Lipinski definition) is 3. The minimum atomic E-state index is -0.0994. The molecule has 1 aromatic heterocycles. The number of anilines is 1. The van der Waals surface area contributed by atoms with Gasteiger partial charge in [-0.2, -0.15) is 0 Å². The van der Waals surface area contributed by atoms with Crippen molar-refractivity contribution in [1.82, 2.24) is 19.7 Å². The first kappa shape index (κ1) is 15.8. The van der Waals surface area contributed by atoms with Crippen LogP contribution in [0.5, 0.6) is 0 Å². The fourth-order valence-electron chi connectivity index (χ4n) is 2.98. The van der Waals surface area contributed by atoms with E-state index in [1.165, 1.54) is 0 Å². The lowest BCUT2D eigenvalue weighted by Gasteiger charge is -2.31. The fourth-order valence-corrected chi connectivity index (χ4v) is 3.25. The number of para-hydroxylation sites is 1. The van der Waals surface area contributed by atoms with Crippen LogP contribution in [-0.4, -0.2) is 38.8 Å². The van der Waals surface area contributed by atoms with Crippen LogP contribution in [0.25, 0.3) is 0 Å². The van der Waals surface area contributed by atoms with Crippen molar-refractivity contribution in [2.24, 2.45) is 7.05 Å².